The Kier molecular flexibility index (Phi) is 6.39. The van der Waals surface area contributed by atoms with Gasteiger partial charge in [0.25, 0.3) is 0 Å². The Bertz CT molecular complexity index is 1100. The molecule has 7 heteroatoms. The van der Waals surface area contributed by atoms with Gasteiger partial charge in [0, 0.05) is 23.7 Å². The van der Waals surface area contributed by atoms with Gasteiger partial charge in [-0.2, -0.15) is 4.31 Å². The molecule has 0 amide bonds. The molecule has 1 heterocycles. The Morgan fingerprint density at radius 1 is 0.933 bits per heavy atom. The Morgan fingerprint density at radius 3 is 2.43 bits per heavy atom. The highest BCUT2D eigenvalue weighted by Crippen LogP contribution is 2.28. The molecule has 0 N–H and O–H groups in total. The number of hydrogen-bond acceptors (Lipinski definition) is 4. The molecule has 0 aromatic heterocycles. The molecule has 156 valence electrons. The SMILES string of the molecule is O=S(=O)(c1ccc(Cl)cc1)N1CCOc2ccc(COCc3ccccc3)cc2C1. The topological polar surface area (TPSA) is 55.8 Å². The zero-order valence-corrected chi connectivity index (χ0v) is 17.9. The number of rotatable bonds is 6. The van der Waals surface area contributed by atoms with Gasteiger partial charge in [-0.05, 0) is 47.5 Å². The predicted molar refractivity (Wildman–Crippen MR) is 116 cm³/mol. The van der Waals surface area contributed by atoms with E-state index < -0.39 is 10.0 Å². The van der Waals surface area contributed by atoms with Crippen LogP contribution >= 0.6 is 11.6 Å². The molecule has 1 aliphatic rings. The minimum Gasteiger partial charge on any atom is -0.492 e. The van der Waals surface area contributed by atoms with Gasteiger partial charge in [-0.3, -0.25) is 0 Å². The summed E-state index contributed by atoms with van der Waals surface area (Å²) in [6.07, 6.45) is 0. The molecule has 0 aliphatic carbocycles. The molecular weight excluding hydrogens is 422 g/mol. The molecular formula is C23H22ClNO4S. The summed E-state index contributed by atoms with van der Waals surface area (Å²) in [6.45, 7) is 1.77. The lowest BCUT2D eigenvalue weighted by Crippen LogP contribution is -2.32. The van der Waals surface area contributed by atoms with E-state index >= 15 is 0 Å². The molecule has 0 radical (unpaired) electrons. The summed E-state index contributed by atoms with van der Waals surface area (Å²) in [5.41, 5.74) is 2.90. The quantitative estimate of drug-likeness (QED) is 0.557. The van der Waals surface area contributed by atoms with E-state index in [2.05, 4.69) is 0 Å². The zero-order valence-electron chi connectivity index (χ0n) is 16.3. The average molecular weight is 444 g/mol. The van der Waals surface area contributed by atoms with Crippen LogP contribution in [0.5, 0.6) is 5.75 Å². The summed E-state index contributed by atoms with van der Waals surface area (Å²) in [5, 5.41) is 0.499. The van der Waals surface area contributed by atoms with E-state index in [-0.39, 0.29) is 18.0 Å². The summed E-state index contributed by atoms with van der Waals surface area (Å²) in [7, 11) is -3.65. The first kappa shape index (κ1) is 20.9. The smallest absolute Gasteiger partial charge is 0.243 e. The molecule has 30 heavy (non-hydrogen) atoms. The van der Waals surface area contributed by atoms with Crippen LogP contribution in [0.15, 0.2) is 77.7 Å². The van der Waals surface area contributed by atoms with Crippen LogP contribution in [-0.4, -0.2) is 25.9 Å². The minimum absolute atomic E-state index is 0.220. The maximum Gasteiger partial charge on any atom is 0.243 e. The third-order valence-corrected chi connectivity index (χ3v) is 7.01. The molecule has 3 aromatic carbocycles. The van der Waals surface area contributed by atoms with Gasteiger partial charge in [-0.15, -0.1) is 0 Å². The maximum absolute atomic E-state index is 13.1. The summed E-state index contributed by atoms with van der Waals surface area (Å²) >= 11 is 5.90. The van der Waals surface area contributed by atoms with Gasteiger partial charge in [0.1, 0.15) is 12.4 Å². The lowest BCUT2D eigenvalue weighted by Gasteiger charge is -2.19. The van der Waals surface area contributed by atoms with Crippen LogP contribution in [0.1, 0.15) is 16.7 Å². The van der Waals surface area contributed by atoms with Crippen molar-refractivity contribution in [3.8, 4) is 5.75 Å². The van der Waals surface area contributed by atoms with Crippen molar-refractivity contribution in [2.24, 2.45) is 0 Å². The van der Waals surface area contributed by atoms with Crippen LogP contribution in [-0.2, 0) is 34.5 Å². The number of hydrogen-bond donors (Lipinski definition) is 0. The van der Waals surface area contributed by atoms with E-state index in [0.717, 1.165) is 16.7 Å². The fourth-order valence-electron chi connectivity index (χ4n) is 3.34. The second-order valence-corrected chi connectivity index (χ2v) is 9.44. The van der Waals surface area contributed by atoms with E-state index in [0.29, 0.717) is 30.6 Å². The monoisotopic (exact) mass is 443 g/mol. The second-order valence-electron chi connectivity index (χ2n) is 7.06. The highest BCUT2D eigenvalue weighted by molar-refractivity contribution is 7.89. The normalized spacial score (nSPS) is 14.6. The lowest BCUT2D eigenvalue weighted by atomic mass is 10.1. The zero-order chi connectivity index (χ0) is 21.0. The molecule has 4 rings (SSSR count). The minimum atomic E-state index is -3.65. The molecule has 0 saturated heterocycles. The molecule has 0 unspecified atom stereocenters. The Balaban J connectivity index is 1.49. The van der Waals surface area contributed by atoms with Crippen LogP contribution in [0.25, 0.3) is 0 Å². The third-order valence-electron chi connectivity index (χ3n) is 4.90. The third kappa shape index (κ3) is 4.84. The first-order valence-electron chi connectivity index (χ1n) is 9.64. The van der Waals surface area contributed by atoms with Gasteiger partial charge in [0.15, 0.2) is 0 Å². The summed E-state index contributed by atoms with van der Waals surface area (Å²) < 4.78 is 39.2. The van der Waals surface area contributed by atoms with Crippen molar-refractivity contribution in [2.45, 2.75) is 24.7 Å². The lowest BCUT2D eigenvalue weighted by molar-refractivity contribution is 0.107. The fourth-order valence-corrected chi connectivity index (χ4v) is 4.86. The van der Waals surface area contributed by atoms with Crippen LogP contribution in [0.3, 0.4) is 0 Å². The first-order valence-corrected chi connectivity index (χ1v) is 11.5. The summed E-state index contributed by atoms with van der Waals surface area (Å²) in [6, 6.07) is 22.0. The maximum atomic E-state index is 13.1. The molecule has 0 spiro atoms. The fraction of sp³-hybridized carbons (Fsp3) is 0.217. The average Bonchev–Trinajstić information content (AvgIpc) is 2.97. The van der Waals surface area contributed by atoms with Gasteiger partial charge < -0.3 is 9.47 Å². The van der Waals surface area contributed by atoms with Crippen LogP contribution < -0.4 is 4.74 Å². The highest BCUT2D eigenvalue weighted by atomic mass is 35.5. The second kappa shape index (κ2) is 9.18. The number of sulfonamides is 1. The van der Waals surface area contributed by atoms with Gasteiger partial charge in [-0.1, -0.05) is 48.0 Å². The van der Waals surface area contributed by atoms with Gasteiger partial charge in [0.2, 0.25) is 10.0 Å². The number of benzene rings is 3. The van der Waals surface area contributed by atoms with E-state index in [9.17, 15) is 8.42 Å². The van der Waals surface area contributed by atoms with Crippen molar-refractivity contribution >= 4 is 21.6 Å². The standard InChI is InChI=1S/C23H22ClNO4S/c24-21-7-9-22(10-8-21)30(26,27)25-12-13-29-23-11-6-19(14-20(23)15-25)17-28-16-18-4-2-1-3-5-18/h1-11,14H,12-13,15-17H2. The van der Waals surface area contributed by atoms with Crippen LogP contribution in [0.4, 0.5) is 0 Å². The first-order chi connectivity index (χ1) is 14.5. The summed E-state index contributed by atoms with van der Waals surface area (Å²) in [4.78, 5) is 0.220. The van der Waals surface area contributed by atoms with Crippen molar-refractivity contribution in [1.29, 1.82) is 0 Å². The van der Waals surface area contributed by atoms with E-state index in [4.69, 9.17) is 21.1 Å². The van der Waals surface area contributed by atoms with E-state index in [1.54, 1.807) is 12.1 Å². The van der Waals surface area contributed by atoms with Crippen molar-refractivity contribution in [2.75, 3.05) is 13.2 Å². The number of fused-ring (bicyclic) bond motifs is 1. The molecule has 5 nitrogen and oxygen atoms in total. The van der Waals surface area contributed by atoms with Crippen molar-refractivity contribution in [3.05, 3.63) is 94.5 Å². The number of nitrogens with zero attached hydrogens (tertiary/aromatic N) is 1. The van der Waals surface area contributed by atoms with E-state index in [1.165, 1.54) is 16.4 Å². The summed E-state index contributed by atoms with van der Waals surface area (Å²) in [5.74, 6) is 0.704. The van der Waals surface area contributed by atoms with Crippen molar-refractivity contribution in [1.82, 2.24) is 4.31 Å². The van der Waals surface area contributed by atoms with Gasteiger partial charge >= 0.3 is 0 Å². The van der Waals surface area contributed by atoms with E-state index in [1.807, 2.05) is 48.5 Å². The Hall–Kier alpha value is -2.38. The molecule has 3 aromatic rings. The predicted octanol–water partition coefficient (Wildman–Crippen LogP) is 4.64. The molecule has 1 aliphatic heterocycles. The molecule has 0 bridgehead atoms. The van der Waals surface area contributed by atoms with Crippen LogP contribution in [0.2, 0.25) is 5.02 Å². The molecule has 0 saturated carbocycles. The Morgan fingerprint density at radius 2 is 1.67 bits per heavy atom. The molecule has 0 fully saturated rings. The van der Waals surface area contributed by atoms with Gasteiger partial charge in [0.05, 0.1) is 18.1 Å². The highest BCUT2D eigenvalue weighted by Gasteiger charge is 2.27. The molecule has 0 atom stereocenters. The van der Waals surface area contributed by atoms with Gasteiger partial charge in [-0.25, -0.2) is 8.42 Å². The Labute approximate surface area is 181 Å². The number of halogens is 1. The van der Waals surface area contributed by atoms with Crippen LogP contribution in [0, 0.1) is 0 Å². The van der Waals surface area contributed by atoms with Crippen molar-refractivity contribution < 1.29 is 17.9 Å². The number of ether oxygens (including phenoxy) is 2. The van der Waals surface area contributed by atoms with Crippen molar-refractivity contribution in [3.63, 3.8) is 0 Å². The largest absolute Gasteiger partial charge is 0.492 e.